The van der Waals surface area contributed by atoms with Crippen molar-refractivity contribution in [2.75, 3.05) is 20.1 Å². The Morgan fingerprint density at radius 2 is 1.92 bits per heavy atom. The summed E-state index contributed by atoms with van der Waals surface area (Å²) >= 11 is 0. The molecule has 1 aromatic carbocycles. The molecule has 4 nitrogen and oxygen atoms in total. The molecule has 0 spiro atoms. The first-order valence-corrected chi connectivity index (χ1v) is 8.62. The number of benzene rings is 1. The molecule has 1 atom stereocenters. The van der Waals surface area contributed by atoms with Gasteiger partial charge in [0, 0.05) is 39.1 Å². The number of rotatable bonds is 5. The minimum absolute atomic E-state index is 0.106. The zero-order chi connectivity index (χ0) is 16.8. The van der Waals surface area contributed by atoms with Crippen LogP contribution in [0.3, 0.4) is 0 Å². The summed E-state index contributed by atoms with van der Waals surface area (Å²) in [4.78, 5) is 21.1. The topological polar surface area (TPSA) is 36.4 Å². The van der Waals surface area contributed by atoms with Gasteiger partial charge in [0.15, 0.2) is 0 Å². The first-order valence-electron chi connectivity index (χ1n) is 8.62. The fourth-order valence-electron chi connectivity index (χ4n) is 3.39. The monoisotopic (exact) mass is 323 g/mol. The van der Waals surface area contributed by atoms with E-state index < -0.39 is 0 Å². The Kier molecular flexibility index (Phi) is 5.59. The van der Waals surface area contributed by atoms with Crippen molar-refractivity contribution in [3.63, 3.8) is 0 Å². The number of piperidine rings is 1. The molecule has 0 N–H and O–H groups in total. The van der Waals surface area contributed by atoms with Crippen LogP contribution in [0.5, 0.6) is 0 Å². The van der Waals surface area contributed by atoms with Crippen LogP contribution in [0.1, 0.15) is 24.0 Å². The van der Waals surface area contributed by atoms with Crippen LogP contribution in [0, 0.1) is 5.92 Å². The lowest BCUT2D eigenvalue weighted by atomic mass is 9.96. The molecule has 2 aromatic rings. The molecule has 1 aliphatic rings. The molecule has 1 aromatic heterocycles. The number of aromatic nitrogens is 1. The van der Waals surface area contributed by atoms with Crippen LogP contribution in [-0.4, -0.2) is 40.8 Å². The number of carbonyl (C=O) groups is 1. The second-order valence-corrected chi connectivity index (χ2v) is 6.61. The molecule has 1 amide bonds. The fourth-order valence-corrected chi connectivity index (χ4v) is 3.39. The molecule has 4 heteroatoms. The van der Waals surface area contributed by atoms with Gasteiger partial charge in [-0.15, -0.1) is 0 Å². The highest BCUT2D eigenvalue weighted by atomic mass is 16.2. The summed E-state index contributed by atoms with van der Waals surface area (Å²) in [5, 5.41) is 0. The van der Waals surface area contributed by atoms with Crippen molar-refractivity contribution in [1.29, 1.82) is 0 Å². The van der Waals surface area contributed by atoms with Crippen molar-refractivity contribution in [3.8, 4) is 0 Å². The lowest BCUT2D eigenvalue weighted by Gasteiger charge is -2.34. The molecule has 0 radical (unpaired) electrons. The Labute approximate surface area is 144 Å². The van der Waals surface area contributed by atoms with Gasteiger partial charge in [-0.1, -0.05) is 30.3 Å². The summed E-state index contributed by atoms with van der Waals surface area (Å²) in [5.74, 6) is 0.360. The Morgan fingerprint density at radius 3 is 2.67 bits per heavy atom. The van der Waals surface area contributed by atoms with Gasteiger partial charge in [-0.3, -0.25) is 14.7 Å². The van der Waals surface area contributed by atoms with Crippen molar-refractivity contribution in [2.24, 2.45) is 5.92 Å². The molecule has 3 rings (SSSR count). The SMILES string of the molecule is CN(Cc1ccncc1)C(=O)C1CCCN(Cc2ccccc2)C1. The second-order valence-electron chi connectivity index (χ2n) is 6.61. The standard InChI is InChI=1S/C20H25N3O/c1-22(14-18-9-11-21-12-10-18)20(24)19-8-5-13-23(16-19)15-17-6-3-2-4-7-17/h2-4,6-7,9-12,19H,5,8,13-16H2,1H3. The molecule has 0 aliphatic carbocycles. The van der Waals surface area contributed by atoms with Gasteiger partial charge in [-0.05, 0) is 42.6 Å². The molecule has 0 bridgehead atoms. The maximum atomic E-state index is 12.8. The third kappa shape index (κ3) is 4.42. The van der Waals surface area contributed by atoms with Crippen molar-refractivity contribution in [2.45, 2.75) is 25.9 Å². The molecule has 24 heavy (non-hydrogen) atoms. The average molecular weight is 323 g/mol. The van der Waals surface area contributed by atoms with Gasteiger partial charge in [-0.25, -0.2) is 0 Å². The third-order valence-electron chi connectivity index (χ3n) is 4.65. The molecule has 1 saturated heterocycles. The zero-order valence-electron chi connectivity index (χ0n) is 14.3. The summed E-state index contributed by atoms with van der Waals surface area (Å²) in [5.41, 5.74) is 2.44. The fraction of sp³-hybridized carbons (Fsp3) is 0.400. The summed E-state index contributed by atoms with van der Waals surface area (Å²) in [6.45, 7) is 3.51. The van der Waals surface area contributed by atoms with E-state index in [0.29, 0.717) is 6.54 Å². The average Bonchev–Trinajstić information content (AvgIpc) is 2.63. The minimum Gasteiger partial charge on any atom is -0.341 e. The minimum atomic E-state index is 0.106. The molecule has 2 heterocycles. The highest BCUT2D eigenvalue weighted by molar-refractivity contribution is 5.78. The van der Waals surface area contributed by atoms with E-state index in [1.807, 2.05) is 30.1 Å². The van der Waals surface area contributed by atoms with Crippen LogP contribution >= 0.6 is 0 Å². The van der Waals surface area contributed by atoms with Crippen LogP contribution in [0.15, 0.2) is 54.9 Å². The van der Waals surface area contributed by atoms with Crippen LogP contribution in [0.2, 0.25) is 0 Å². The highest BCUT2D eigenvalue weighted by Crippen LogP contribution is 2.21. The van der Waals surface area contributed by atoms with Crippen molar-refractivity contribution in [3.05, 3.63) is 66.0 Å². The van der Waals surface area contributed by atoms with Gasteiger partial charge in [0.05, 0.1) is 5.92 Å². The number of hydrogen-bond acceptors (Lipinski definition) is 3. The quantitative estimate of drug-likeness (QED) is 0.849. The van der Waals surface area contributed by atoms with E-state index in [1.54, 1.807) is 12.4 Å². The number of amides is 1. The number of nitrogens with zero attached hydrogens (tertiary/aromatic N) is 3. The van der Waals surface area contributed by atoms with Gasteiger partial charge < -0.3 is 4.90 Å². The van der Waals surface area contributed by atoms with Crippen LogP contribution in [0.4, 0.5) is 0 Å². The number of pyridine rings is 1. The Balaban J connectivity index is 1.56. The second kappa shape index (κ2) is 8.06. The van der Waals surface area contributed by atoms with Crippen LogP contribution in [-0.2, 0) is 17.9 Å². The molecular formula is C20H25N3O. The Hall–Kier alpha value is -2.20. The van der Waals surface area contributed by atoms with Crippen molar-refractivity contribution >= 4 is 5.91 Å². The Morgan fingerprint density at radius 1 is 1.17 bits per heavy atom. The van der Waals surface area contributed by atoms with Crippen LogP contribution < -0.4 is 0 Å². The summed E-state index contributed by atoms with van der Waals surface area (Å²) in [6, 6.07) is 14.4. The zero-order valence-corrected chi connectivity index (χ0v) is 14.3. The van der Waals surface area contributed by atoms with E-state index in [1.165, 1.54) is 5.56 Å². The molecular weight excluding hydrogens is 298 g/mol. The largest absolute Gasteiger partial charge is 0.341 e. The molecule has 1 unspecified atom stereocenters. The van der Waals surface area contributed by atoms with E-state index >= 15 is 0 Å². The number of carbonyl (C=O) groups excluding carboxylic acids is 1. The molecule has 126 valence electrons. The Bertz CT molecular complexity index is 644. The van der Waals surface area contributed by atoms with Gasteiger partial charge >= 0.3 is 0 Å². The molecule has 1 fully saturated rings. The molecule has 1 aliphatic heterocycles. The summed E-state index contributed by atoms with van der Waals surface area (Å²) in [6.07, 6.45) is 5.63. The first-order chi connectivity index (χ1) is 11.7. The van der Waals surface area contributed by atoms with Crippen molar-refractivity contribution in [1.82, 2.24) is 14.8 Å². The van der Waals surface area contributed by atoms with Gasteiger partial charge in [0.25, 0.3) is 0 Å². The predicted octanol–water partition coefficient (Wildman–Crippen LogP) is 2.95. The van der Waals surface area contributed by atoms with Gasteiger partial charge in [0.1, 0.15) is 0 Å². The smallest absolute Gasteiger partial charge is 0.227 e. The maximum absolute atomic E-state index is 12.8. The van der Waals surface area contributed by atoms with Crippen molar-refractivity contribution < 1.29 is 4.79 Å². The lowest BCUT2D eigenvalue weighted by Crippen LogP contribution is -2.43. The van der Waals surface area contributed by atoms with Gasteiger partial charge in [0.2, 0.25) is 5.91 Å². The van der Waals surface area contributed by atoms with E-state index in [4.69, 9.17) is 0 Å². The van der Waals surface area contributed by atoms with Crippen LogP contribution in [0.25, 0.3) is 0 Å². The number of hydrogen-bond donors (Lipinski definition) is 0. The molecule has 0 saturated carbocycles. The normalized spacial score (nSPS) is 18.3. The van der Waals surface area contributed by atoms with E-state index in [0.717, 1.165) is 38.0 Å². The highest BCUT2D eigenvalue weighted by Gasteiger charge is 2.27. The van der Waals surface area contributed by atoms with E-state index in [9.17, 15) is 4.79 Å². The third-order valence-corrected chi connectivity index (χ3v) is 4.65. The summed E-state index contributed by atoms with van der Waals surface area (Å²) in [7, 11) is 1.90. The van der Waals surface area contributed by atoms with E-state index in [2.05, 4.69) is 34.1 Å². The van der Waals surface area contributed by atoms with Gasteiger partial charge in [-0.2, -0.15) is 0 Å². The van der Waals surface area contributed by atoms with E-state index in [-0.39, 0.29) is 11.8 Å². The predicted molar refractivity (Wildman–Crippen MR) is 95.2 cm³/mol. The first kappa shape index (κ1) is 16.7. The maximum Gasteiger partial charge on any atom is 0.227 e. The summed E-state index contributed by atoms with van der Waals surface area (Å²) < 4.78 is 0. The number of likely N-dealkylation sites (tertiary alicyclic amines) is 1. The lowest BCUT2D eigenvalue weighted by molar-refractivity contribution is -0.136.